The van der Waals surface area contributed by atoms with Crippen LogP contribution in [0.25, 0.3) is 0 Å². The number of aryl methyl sites for hydroxylation is 1. The summed E-state index contributed by atoms with van der Waals surface area (Å²) < 4.78 is 28.0. The van der Waals surface area contributed by atoms with Crippen molar-refractivity contribution in [3.05, 3.63) is 94.5 Å². The smallest absolute Gasteiger partial charge is 0.264 e. The maximum Gasteiger partial charge on any atom is 0.264 e. The van der Waals surface area contributed by atoms with E-state index in [9.17, 15) is 13.2 Å². The Morgan fingerprint density at radius 1 is 1.00 bits per heavy atom. The lowest BCUT2D eigenvalue weighted by Crippen LogP contribution is -2.41. The van der Waals surface area contributed by atoms with Crippen LogP contribution in [-0.4, -0.2) is 20.9 Å². The van der Waals surface area contributed by atoms with E-state index in [4.69, 9.17) is 11.6 Å². The van der Waals surface area contributed by atoms with Crippen LogP contribution in [0.1, 0.15) is 50.4 Å². The van der Waals surface area contributed by atoms with Gasteiger partial charge in [0.25, 0.3) is 10.0 Å². The molecule has 180 valence electrons. The zero-order chi connectivity index (χ0) is 25.1. The van der Waals surface area contributed by atoms with Crippen LogP contribution in [0.4, 0.5) is 5.69 Å². The molecule has 1 unspecified atom stereocenters. The van der Waals surface area contributed by atoms with E-state index >= 15 is 0 Å². The molecule has 0 aliphatic heterocycles. The number of carbonyl (C=O) groups excluding carboxylic acids is 1. The summed E-state index contributed by atoms with van der Waals surface area (Å²) >= 11 is 6.28. The van der Waals surface area contributed by atoms with Crippen LogP contribution in [0.5, 0.6) is 0 Å². The van der Waals surface area contributed by atoms with Crippen molar-refractivity contribution >= 4 is 33.2 Å². The van der Waals surface area contributed by atoms with Crippen LogP contribution >= 0.6 is 11.6 Å². The molecular weight excluding hydrogens is 468 g/mol. The zero-order valence-corrected chi connectivity index (χ0v) is 21.7. The molecule has 1 atom stereocenters. The lowest BCUT2D eigenvalue weighted by atomic mass is 9.86. The molecule has 5 nitrogen and oxygen atoms in total. The monoisotopic (exact) mass is 498 g/mol. The summed E-state index contributed by atoms with van der Waals surface area (Å²) in [4.78, 5) is 13.1. The van der Waals surface area contributed by atoms with Gasteiger partial charge in [-0.3, -0.25) is 9.10 Å². The molecule has 7 heteroatoms. The summed E-state index contributed by atoms with van der Waals surface area (Å²) in [5.41, 5.74) is 3.33. The average Bonchev–Trinajstić information content (AvgIpc) is 2.79. The topological polar surface area (TPSA) is 66.5 Å². The fourth-order valence-electron chi connectivity index (χ4n) is 3.54. The van der Waals surface area contributed by atoms with Gasteiger partial charge >= 0.3 is 0 Å². The highest BCUT2D eigenvalue weighted by Crippen LogP contribution is 2.28. The molecule has 1 N–H and O–H groups in total. The van der Waals surface area contributed by atoms with Gasteiger partial charge in [-0.05, 0) is 60.2 Å². The number of nitrogens with zero attached hydrogens (tertiary/aromatic N) is 1. The lowest BCUT2D eigenvalue weighted by molar-refractivity contribution is -0.120. The number of rotatable bonds is 7. The molecule has 0 aliphatic carbocycles. The number of anilines is 1. The summed E-state index contributed by atoms with van der Waals surface area (Å²) in [6.45, 7) is 9.77. The Hall–Kier alpha value is -2.83. The van der Waals surface area contributed by atoms with Crippen molar-refractivity contribution in [3.8, 4) is 0 Å². The molecule has 0 saturated carbocycles. The van der Waals surface area contributed by atoms with E-state index in [1.54, 1.807) is 36.4 Å². The predicted molar refractivity (Wildman–Crippen MR) is 139 cm³/mol. The van der Waals surface area contributed by atoms with Crippen molar-refractivity contribution in [3.63, 3.8) is 0 Å². The Balaban J connectivity index is 1.86. The van der Waals surface area contributed by atoms with Gasteiger partial charge in [-0.15, -0.1) is 0 Å². The molecule has 0 aliphatic rings. The third kappa shape index (κ3) is 5.99. The van der Waals surface area contributed by atoms with E-state index in [2.05, 4.69) is 38.2 Å². The second-order valence-electron chi connectivity index (χ2n) is 9.42. The Bertz CT molecular complexity index is 1250. The molecule has 0 spiro atoms. The molecule has 0 saturated heterocycles. The Morgan fingerprint density at radius 3 is 2.18 bits per heavy atom. The fraction of sp³-hybridized carbons (Fsp3) is 0.296. The number of hydrogen-bond donors (Lipinski definition) is 1. The standard InChI is InChI=1S/C27H31ClN2O3S/c1-19-11-16-23(17-25(19)28)30(34(32,33)24-9-7-6-8-10-24)18-26(31)29-20(2)21-12-14-22(15-13-21)27(3,4)5/h6-17,20H,18H2,1-5H3,(H,29,31). The van der Waals surface area contributed by atoms with Crippen molar-refractivity contribution in [1.29, 1.82) is 0 Å². The molecule has 3 aromatic carbocycles. The highest BCUT2D eigenvalue weighted by Gasteiger charge is 2.28. The summed E-state index contributed by atoms with van der Waals surface area (Å²) in [5.74, 6) is -0.413. The van der Waals surface area contributed by atoms with Crippen LogP contribution in [0, 0.1) is 6.92 Å². The van der Waals surface area contributed by atoms with Gasteiger partial charge in [0.1, 0.15) is 6.54 Å². The highest BCUT2D eigenvalue weighted by molar-refractivity contribution is 7.92. The Labute approximate surface area is 207 Å². The van der Waals surface area contributed by atoms with Gasteiger partial charge in [-0.1, -0.05) is 80.9 Å². The number of hydrogen-bond acceptors (Lipinski definition) is 3. The summed E-state index contributed by atoms with van der Waals surface area (Å²) in [6.07, 6.45) is 0. The third-order valence-electron chi connectivity index (χ3n) is 5.72. The molecule has 3 rings (SSSR count). The first-order chi connectivity index (χ1) is 15.9. The minimum Gasteiger partial charge on any atom is -0.348 e. The van der Waals surface area contributed by atoms with Gasteiger partial charge in [0.2, 0.25) is 5.91 Å². The van der Waals surface area contributed by atoms with Gasteiger partial charge in [-0.25, -0.2) is 8.42 Å². The van der Waals surface area contributed by atoms with E-state index in [0.717, 1.165) is 15.4 Å². The van der Waals surface area contributed by atoms with Crippen molar-refractivity contribution in [1.82, 2.24) is 5.32 Å². The van der Waals surface area contributed by atoms with Crippen molar-refractivity contribution < 1.29 is 13.2 Å². The molecular formula is C27H31ClN2O3S. The molecule has 0 heterocycles. The fourth-order valence-corrected chi connectivity index (χ4v) is 5.15. The third-order valence-corrected chi connectivity index (χ3v) is 7.91. The number of nitrogens with one attached hydrogen (secondary N) is 1. The molecule has 1 amide bonds. The van der Waals surface area contributed by atoms with Crippen molar-refractivity contribution in [2.24, 2.45) is 0 Å². The van der Waals surface area contributed by atoms with Crippen LogP contribution in [-0.2, 0) is 20.2 Å². The molecule has 0 fully saturated rings. The van der Waals surface area contributed by atoms with Crippen LogP contribution in [0.15, 0.2) is 77.7 Å². The van der Waals surface area contributed by atoms with Crippen LogP contribution < -0.4 is 9.62 Å². The Morgan fingerprint density at radius 2 is 1.62 bits per heavy atom. The summed E-state index contributed by atoms with van der Waals surface area (Å²) in [6, 6.07) is 20.8. The maximum atomic E-state index is 13.5. The van der Waals surface area contributed by atoms with E-state index in [0.29, 0.717) is 10.7 Å². The summed E-state index contributed by atoms with van der Waals surface area (Å²) in [5, 5.41) is 3.36. The SMILES string of the molecule is Cc1ccc(N(CC(=O)NC(C)c2ccc(C(C)(C)C)cc2)S(=O)(=O)c2ccccc2)cc1Cl. The first-order valence-electron chi connectivity index (χ1n) is 11.1. The minimum absolute atomic E-state index is 0.0344. The highest BCUT2D eigenvalue weighted by atomic mass is 35.5. The predicted octanol–water partition coefficient (Wildman–Crippen LogP) is 6.02. The van der Waals surface area contributed by atoms with Crippen LogP contribution in [0.3, 0.4) is 0 Å². The Kier molecular flexibility index (Phi) is 7.74. The molecule has 0 radical (unpaired) electrons. The van der Waals surface area contributed by atoms with Crippen molar-refractivity contribution in [2.75, 3.05) is 10.8 Å². The number of sulfonamides is 1. The number of carbonyl (C=O) groups is 1. The molecule has 0 aromatic heterocycles. The van der Waals surface area contributed by atoms with E-state index in [1.807, 2.05) is 26.0 Å². The maximum absolute atomic E-state index is 13.5. The molecule has 34 heavy (non-hydrogen) atoms. The minimum atomic E-state index is -3.99. The van der Waals surface area contributed by atoms with E-state index in [1.165, 1.54) is 17.7 Å². The lowest BCUT2D eigenvalue weighted by Gasteiger charge is -2.26. The first-order valence-corrected chi connectivity index (χ1v) is 12.9. The van der Waals surface area contributed by atoms with Crippen molar-refractivity contribution in [2.45, 2.75) is 51.0 Å². The second kappa shape index (κ2) is 10.2. The van der Waals surface area contributed by atoms with Gasteiger partial charge in [-0.2, -0.15) is 0 Å². The average molecular weight is 499 g/mol. The van der Waals surface area contributed by atoms with Gasteiger partial charge in [0, 0.05) is 5.02 Å². The van der Waals surface area contributed by atoms with Gasteiger partial charge < -0.3 is 5.32 Å². The van der Waals surface area contributed by atoms with E-state index in [-0.39, 0.29) is 22.9 Å². The van der Waals surface area contributed by atoms with E-state index < -0.39 is 15.9 Å². The molecule has 0 bridgehead atoms. The first kappa shape index (κ1) is 25.8. The van der Waals surface area contributed by atoms with Crippen LogP contribution in [0.2, 0.25) is 5.02 Å². The quantitative estimate of drug-likeness (QED) is 0.433. The summed E-state index contributed by atoms with van der Waals surface area (Å²) in [7, 11) is -3.99. The largest absolute Gasteiger partial charge is 0.348 e. The van der Waals surface area contributed by atoms with Gasteiger partial charge in [0.05, 0.1) is 16.6 Å². The number of halogens is 1. The normalized spacial score (nSPS) is 12.8. The number of benzene rings is 3. The second-order valence-corrected chi connectivity index (χ2v) is 11.7. The zero-order valence-electron chi connectivity index (χ0n) is 20.2. The number of amides is 1. The molecule has 3 aromatic rings. The van der Waals surface area contributed by atoms with Gasteiger partial charge in [0.15, 0.2) is 0 Å².